The van der Waals surface area contributed by atoms with Gasteiger partial charge in [-0.3, -0.25) is 19.7 Å². The number of nitro groups is 1. The first-order chi connectivity index (χ1) is 19.9. The van der Waals surface area contributed by atoms with Gasteiger partial charge in [-0.05, 0) is 75.3 Å². The van der Waals surface area contributed by atoms with Crippen LogP contribution in [0.15, 0.2) is 71.6 Å². The van der Waals surface area contributed by atoms with Crippen LogP contribution in [0.2, 0.25) is 0 Å². The van der Waals surface area contributed by atoms with Crippen LogP contribution in [0.4, 0.5) is 5.69 Å². The van der Waals surface area contributed by atoms with Crippen molar-refractivity contribution < 1.29 is 24.0 Å². The fourth-order valence-corrected chi connectivity index (χ4v) is 6.38. The van der Waals surface area contributed by atoms with Gasteiger partial charge in [0.25, 0.3) is 5.69 Å². The third-order valence-corrected chi connectivity index (χ3v) is 8.08. The van der Waals surface area contributed by atoms with Crippen LogP contribution in [0.25, 0.3) is 0 Å². The maximum atomic E-state index is 13.5. The topological polar surface area (TPSA) is 99.0 Å². The first kappa shape index (κ1) is 28.3. The quantitative estimate of drug-likeness (QED) is 0.182. The predicted octanol–water partition coefficient (Wildman–Crippen LogP) is 6.73. The fourth-order valence-electron chi connectivity index (χ4n) is 6.38. The number of Topliss-reactive ketones (excluding diaryl/α,β-unsaturated/α-hetero) is 2. The van der Waals surface area contributed by atoms with E-state index in [-0.39, 0.29) is 23.9 Å². The smallest absolute Gasteiger partial charge is 0.269 e. The lowest BCUT2D eigenvalue weighted by Crippen LogP contribution is -2.39. The number of nitrogens with zero attached hydrogens (tertiary/aromatic N) is 2. The second-order valence-electron chi connectivity index (χ2n) is 10.6. The molecule has 214 valence electrons. The average molecular weight is 557 g/mol. The molecule has 0 spiro atoms. The summed E-state index contributed by atoms with van der Waals surface area (Å²) in [4.78, 5) is 39.9. The van der Waals surface area contributed by atoms with Crippen molar-refractivity contribution in [3.05, 3.63) is 98.4 Å². The van der Waals surface area contributed by atoms with Gasteiger partial charge in [0.15, 0.2) is 23.1 Å². The van der Waals surface area contributed by atoms with E-state index in [0.717, 1.165) is 71.5 Å². The standard InChI is InChI=1S/C33H36N2O6/c1-4-9-22-18-23(19-29(40-6-3)33(22)41-20-21-14-16-24(17-15-21)35(38)39)30-31-25(10-7-12-27(31)36)34(5-2)26-11-8-13-28(37)32(26)30/h4,14-19,30H,1,5-13,20H2,2-3H3. The van der Waals surface area contributed by atoms with E-state index < -0.39 is 10.8 Å². The second kappa shape index (κ2) is 12.1. The van der Waals surface area contributed by atoms with E-state index >= 15 is 0 Å². The van der Waals surface area contributed by atoms with E-state index in [1.807, 2.05) is 19.1 Å². The van der Waals surface area contributed by atoms with E-state index in [0.29, 0.717) is 37.4 Å². The molecule has 2 aliphatic carbocycles. The van der Waals surface area contributed by atoms with Crippen LogP contribution in [0.3, 0.4) is 0 Å². The van der Waals surface area contributed by atoms with Crippen LogP contribution < -0.4 is 9.47 Å². The highest BCUT2D eigenvalue weighted by molar-refractivity contribution is 6.06. The van der Waals surface area contributed by atoms with Crippen molar-refractivity contribution in [2.75, 3.05) is 13.2 Å². The zero-order chi connectivity index (χ0) is 29.1. The Morgan fingerprint density at radius 3 is 2.15 bits per heavy atom. The molecular formula is C33H36N2O6. The zero-order valence-corrected chi connectivity index (χ0v) is 23.7. The summed E-state index contributed by atoms with van der Waals surface area (Å²) in [5, 5.41) is 11.0. The summed E-state index contributed by atoms with van der Waals surface area (Å²) in [6.07, 6.45) is 6.54. The van der Waals surface area contributed by atoms with Crippen LogP contribution in [0.5, 0.6) is 11.5 Å². The lowest BCUT2D eigenvalue weighted by Gasteiger charge is -2.43. The molecule has 5 rings (SSSR count). The highest BCUT2D eigenvalue weighted by Gasteiger charge is 2.43. The van der Waals surface area contributed by atoms with Crippen molar-refractivity contribution in [2.45, 2.75) is 71.3 Å². The molecule has 3 aliphatic rings. The van der Waals surface area contributed by atoms with Crippen LogP contribution in [0.1, 0.15) is 75.0 Å². The number of ether oxygens (including phenoxy) is 2. The number of carbonyl (C=O) groups is 2. The third kappa shape index (κ3) is 5.43. The summed E-state index contributed by atoms with van der Waals surface area (Å²) in [5.74, 6) is 0.892. The number of benzene rings is 2. The molecule has 0 aromatic heterocycles. The monoisotopic (exact) mass is 556 g/mol. The minimum atomic E-state index is -0.435. The van der Waals surface area contributed by atoms with Gasteiger partial charge in [0.05, 0.1) is 11.5 Å². The molecule has 0 saturated carbocycles. The maximum Gasteiger partial charge on any atom is 0.269 e. The highest BCUT2D eigenvalue weighted by atomic mass is 16.6. The number of rotatable bonds is 10. The number of non-ortho nitro benzene ring substituents is 1. The van der Waals surface area contributed by atoms with Crippen LogP contribution in [-0.4, -0.2) is 34.5 Å². The summed E-state index contributed by atoms with van der Waals surface area (Å²) in [6.45, 7) is 9.25. The van der Waals surface area contributed by atoms with Gasteiger partial charge in [0.2, 0.25) is 0 Å². The molecule has 1 heterocycles. The molecule has 0 radical (unpaired) electrons. The van der Waals surface area contributed by atoms with E-state index in [9.17, 15) is 19.7 Å². The first-order valence-corrected chi connectivity index (χ1v) is 14.4. The number of ketones is 2. The summed E-state index contributed by atoms with van der Waals surface area (Å²) < 4.78 is 12.4. The van der Waals surface area contributed by atoms with Crippen LogP contribution in [-0.2, 0) is 22.6 Å². The molecule has 1 aliphatic heterocycles. The van der Waals surface area contributed by atoms with Gasteiger partial charge in [-0.25, -0.2) is 0 Å². The van der Waals surface area contributed by atoms with Crippen molar-refractivity contribution in [1.82, 2.24) is 4.90 Å². The lowest BCUT2D eigenvalue weighted by atomic mass is 9.70. The normalized spacial score (nSPS) is 17.4. The van der Waals surface area contributed by atoms with Crippen molar-refractivity contribution in [3.63, 3.8) is 0 Å². The summed E-state index contributed by atoms with van der Waals surface area (Å²) in [6, 6.07) is 10.2. The SMILES string of the molecule is C=CCc1cc(C2C3=C(CCCC3=O)N(CC)C3=C2C(=O)CCC3)cc(OCC)c1OCc1ccc([N+](=O)[O-])cc1. The van der Waals surface area contributed by atoms with Gasteiger partial charge in [0, 0.05) is 65.5 Å². The summed E-state index contributed by atoms with van der Waals surface area (Å²) >= 11 is 0. The number of hydrogen-bond donors (Lipinski definition) is 0. The number of carbonyl (C=O) groups excluding carboxylic acids is 2. The first-order valence-electron chi connectivity index (χ1n) is 14.4. The molecule has 0 unspecified atom stereocenters. The van der Waals surface area contributed by atoms with E-state index in [1.54, 1.807) is 18.2 Å². The molecule has 8 nitrogen and oxygen atoms in total. The molecule has 0 amide bonds. The van der Waals surface area contributed by atoms with Gasteiger partial charge in [-0.15, -0.1) is 6.58 Å². The molecule has 0 saturated heterocycles. The number of nitro benzene ring substituents is 1. The van der Waals surface area contributed by atoms with Crippen molar-refractivity contribution in [2.24, 2.45) is 0 Å². The van der Waals surface area contributed by atoms with Crippen molar-refractivity contribution in [1.29, 1.82) is 0 Å². The Labute approximate surface area is 240 Å². The Morgan fingerprint density at radius 1 is 0.976 bits per heavy atom. The fraction of sp³-hybridized carbons (Fsp3) is 0.394. The highest BCUT2D eigenvalue weighted by Crippen LogP contribution is 2.50. The van der Waals surface area contributed by atoms with Crippen molar-refractivity contribution in [3.8, 4) is 11.5 Å². The third-order valence-electron chi connectivity index (χ3n) is 8.08. The summed E-state index contributed by atoms with van der Waals surface area (Å²) in [7, 11) is 0. The largest absolute Gasteiger partial charge is 0.490 e. The molecule has 0 atom stereocenters. The zero-order valence-electron chi connectivity index (χ0n) is 23.7. The van der Waals surface area contributed by atoms with E-state index in [2.05, 4.69) is 18.4 Å². The van der Waals surface area contributed by atoms with Crippen molar-refractivity contribution >= 4 is 17.3 Å². The Balaban J connectivity index is 1.61. The lowest BCUT2D eigenvalue weighted by molar-refractivity contribution is -0.384. The van der Waals surface area contributed by atoms with Gasteiger partial charge in [-0.2, -0.15) is 0 Å². The minimum Gasteiger partial charge on any atom is -0.490 e. The molecule has 0 bridgehead atoms. The van der Waals surface area contributed by atoms with Crippen LogP contribution in [0, 0.1) is 10.1 Å². The van der Waals surface area contributed by atoms with Crippen LogP contribution >= 0.6 is 0 Å². The van der Waals surface area contributed by atoms with E-state index in [1.165, 1.54) is 12.1 Å². The Hall–Kier alpha value is -4.20. The van der Waals surface area contributed by atoms with Gasteiger partial charge in [-0.1, -0.05) is 12.1 Å². The van der Waals surface area contributed by atoms with Gasteiger partial charge < -0.3 is 14.4 Å². The molecule has 41 heavy (non-hydrogen) atoms. The molecule has 8 heteroatoms. The molecule has 2 aromatic carbocycles. The molecule has 0 fully saturated rings. The van der Waals surface area contributed by atoms with Gasteiger partial charge >= 0.3 is 0 Å². The average Bonchev–Trinajstić information content (AvgIpc) is 2.96. The molecular weight excluding hydrogens is 520 g/mol. The summed E-state index contributed by atoms with van der Waals surface area (Å²) in [5.41, 5.74) is 6.12. The minimum absolute atomic E-state index is 0.0199. The Kier molecular flexibility index (Phi) is 8.38. The maximum absolute atomic E-state index is 13.5. The Morgan fingerprint density at radius 2 is 1.61 bits per heavy atom. The second-order valence-corrected chi connectivity index (χ2v) is 10.6. The Bertz CT molecular complexity index is 1410. The number of allylic oxidation sites excluding steroid dienone is 5. The number of hydrogen-bond acceptors (Lipinski definition) is 7. The predicted molar refractivity (Wildman–Crippen MR) is 156 cm³/mol. The molecule has 0 N–H and O–H groups in total. The molecule has 2 aromatic rings. The van der Waals surface area contributed by atoms with Gasteiger partial charge in [0.1, 0.15) is 6.61 Å². The van der Waals surface area contributed by atoms with E-state index in [4.69, 9.17) is 9.47 Å².